The van der Waals surface area contributed by atoms with E-state index >= 15 is 0 Å². The number of amides is 1. The predicted molar refractivity (Wildman–Crippen MR) is 109 cm³/mol. The summed E-state index contributed by atoms with van der Waals surface area (Å²) in [4.78, 5) is 16.6. The van der Waals surface area contributed by atoms with E-state index in [1.54, 1.807) is 12.1 Å². The van der Waals surface area contributed by atoms with E-state index in [-0.39, 0.29) is 12.3 Å². The van der Waals surface area contributed by atoms with Crippen molar-refractivity contribution in [3.8, 4) is 5.75 Å². The minimum Gasteiger partial charge on any atom is -0.486 e. The SMILES string of the molecule is O=C(Cc1csc(COc2ccc(Cl)cc2)n1)Nc1ccccc1I. The average Bonchev–Trinajstić information content (AvgIpc) is 3.04. The van der Waals surface area contributed by atoms with Crippen LogP contribution in [0.5, 0.6) is 5.75 Å². The minimum absolute atomic E-state index is 0.0837. The number of anilines is 1. The van der Waals surface area contributed by atoms with Crippen LogP contribution in [-0.2, 0) is 17.8 Å². The van der Waals surface area contributed by atoms with Gasteiger partial charge in [-0.15, -0.1) is 11.3 Å². The fourth-order valence-electron chi connectivity index (χ4n) is 2.09. The smallest absolute Gasteiger partial charge is 0.230 e. The van der Waals surface area contributed by atoms with Gasteiger partial charge in [0.05, 0.1) is 17.8 Å². The minimum atomic E-state index is -0.0837. The van der Waals surface area contributed by atoms with Gasteiger partial charge in [0.25, 0.3) is 0 Å². The number of rotatable bonds is 6. The van der Waals surface area contributed by atoms with Gasteiger partial charge in [-0.05, 0) is 59.0 Å². The first kappa shape index (κ1) is 18.2. The lowest BCUT2D eigenvalue weighted by Gasteiger charge is -2.06. The highest BCUT2D eigenvalue weighted by atomic mass is 127. The second-order valence-electron chi connectivity index (χ2n) is 5.18. The second kappa shape index (κ2) is 8.64. The Morgan fingerprint density at radius 2 is 1.96 bits per heavy atom. The molecule has 0 aliphatic carbocycles. The van der Waals surface area contributed by atoms with Gasteiger partial charge in [-0.1, -0.05) is 23.7 Å². The molecule has 3 aromatic rings. The van der Waals surface area contributed by atoms with Crippen LogP contribution in [0, 0.1) is 3.57 Å². The number of carbonyl (C=O) groups is 1. The van der Waals surface area contributed by atoms with E-state index in [1.165, 1.54) is 11.3 Å². The fraction of sp³-hybridized carbons (Fsp3) is 0.111. The molecule has 1 N–H and O–H groups in total. The van der Waals surface area contributed by atoms with Crippen LogP contribution >= 0.6 is 45.5 Å². The second-order valence-corrected chi connectivity index (χ2v) is 7.72. The Bertz CT molecular complexity index is 868. The first-order chi connectivity index (χ1) is 12.1. The van der Waals surface area contributed by atoms with E-state index in [0.717, 1.165) is 25.7 Å². The highest BCUT2D eigenvalue weighted by Gasteiger charge is 2.10. The number of carbonyl (C=O) groups excluding carboxylic acids is 1. The van der Waals surface area contributed by atoms with Crippen LogP contribution < -0.4 is 10.1 Å². The molecule has 0 fully saturated rings. The van der Waals surface area contributed by atoms with Gasteiger partial charge in [0, 0.05) is 14.0 Å². The summed E-state index contributed by atoms with van der Waals surface area (Å²) < 4.78 is 6.67. The molecule has 0 radical (unpaired) electrons. The molecule has 25 heavy (non-hydrogen) atoms. The predicted octanol–water partition coefficient (Wildman–Crippen LogP) is 5.16. The highest BCUT2D eigenvalue weighted by Crippen LogP contribution is 2.19. The summed E-state index contributed by atoms with van der Waals surface area (Å²) in [5.41, 5.74) is 1.55. The maximum Gasteiger partial charge on any atom is 0.230 e. The molecule has 7 heteroatoms. The third-order valence-electron chi connectivity index (χ3n) is 3.26. The van der Waals surface area contributed by atoms with Gasteiger partial charge in [0.15, 0.2) is 0 Å². The molecule has 0 bridgehead atoms. The lowest BCUT2D eigenvalue weighted by atomic mass is 10.3. The number of ether oxygens (including phenoxy) is 1. The molecular formula is C18H14ClIN2O2S. The number of para-hydroxylation sites is 1. The van der Waals surface area contributed by atoms with Crippen molar-refractivity contribution in [3.05, 3.63) is 73.2 Å². The molecule has 1 aromatic heterocycles. The van der Waals surface area contributed by atoms with E-state index in [4.69, 9.17) is 16.3 Å². The Balaban J connectivity index is 1.53. The van der Waals surface area contributed by atoms with Gasteiger partial charge in [-0.2, -0.15) is 0 Å². The largest absolute Gasteiger partial charge is 0.486 e. The van der Waals surface area contributed by atoms with Crippen molar-refractivity contribution in [3.63, 3.8) is 0 Å². The van der Waals surface area contributed by atoms with Gasteiger partial charge in [-0.3, -0.25) is 4.79 Å². The van der Waals surface area contributed by atoms with E-state index < -0.39 is 0 Å². The number of thiazole rings is 1. The molecule has 3 rings (SSSR count). The Morgan fingerprint density at radius 1 is 1.20 bits per heavy atom. The molecule has 0 unspecified atom stereocenters. The lowest BCUT2D eigenvalue weighted by Crippen LogP contribution is -2.15. The van der Waals surface area contributed by atoms with Crippen molar-refractivity contribution < 1.29 is 9.53 Å². The summed E-state index contributed by atoms with van der Waals surface area (Å²) in [6.07, 6.45) is 0.239. The topological polar surface area (TPSA) is 51.2 Å². The zero-order chi connectivity index (χ0) is 17.6. The number of hydrogen-bond acceptors (Lipinski definition) is 4. The third kappa shape index (κ3) is 5.42. The van der Waals surface area contributed by atoms with E-state index in [1.807, 2.05) is 41.8 Å². The molecule has 1 amide bonds. The quantitative estimate of drug-likeness (QED) is 0.492. The van der Waals surface area contributed by atoms with E-state index in [0.29, 0.717) is 11.6 Å². The van der Waals surface area contributed by atoms with Crippen LogP contribution in [0.15, 0.2) is 53.9 Å². The van der Waals surface area contributed by atoms with Crippen molar-refractivity contribution in [1.29, 1.82) is 0 Å². The Morgan fingerprint density at radius 3 is 2.72 bits per heavy atom. The van der Waals surface area contributed by atoms with Crippen LogP contribution in [0.3, 0.4) is 0 Å². The summed E-state index contributed by atoms with van der Waals surface area (Å²) in [5, 5.41) is 6.29. The Labute approximate surface area is 168 Å². The maximum atomic E-state index is 12.2. The standard InChI is InChI=1S/C18H14ClIN2O2S/c19-12-5-7-14(8-6-12)24-10-18-21-13(11-25-18)9-17(23)22-16-4-2-1-3-15(16)20/h1-8,11H,9-10H2,(H,22,23). The van der Waals surface area contributed by atoms with Gasteiger partial charge in [0.2, 0.25) is 5.91 Å². The number of halogens is 2. The maximum absolute atomic E-state index is 12.2. The zero-order valence-corrected chi connectivity index (χ0v) is 16.8. The number of aromatic nitrogens is 1. The summed E-state index contributed by atoms with van der Waals surface area (Å²) in [6, 6.07) is 14.8. The third-order valence-corrected chi connectivity index (χ3v) is 5.33. The normalized spacial score (nSPS) is 10.5. The molecule has 0 saturated carbocycles. The first-order valence-electron chi connectivity index (χ1n) is 7.46. The van der Waals surface area contributed by atoms with E-state index in [9.17, 15) is 4.79 Å². The summed E-state index contributed by atoms with van der Waals surface area (Å²) in [6.45, 7) is 0.366. The molecule has 1 heterocycles. The van der Waals surface area contributed by atoms with Gasteiger partial charge < -0.3 is 10.1 Å². The lowest BCUT2D eigenvalue weighted by molar-refractivity contribution is -0.115. The van der Waals surface area contributed by atoms with Crippen LogP contribution in [-0.4, -0.2) is 10.9 Å². The first-order valence-corrected chi connectivity index (χ1v) is 9.80. The summed E-state index contributed by atoms with van der Waals surface area (Å²) >= 11 is 9.52. The molecule has 0 aliphatic heterocycles. The van der Waals surface area contributed by atoms with Crippen LogP contribution in [0.25, 0.3) is 0 Å². The van der Waals surface area contributed by atoms with Gasteiger partial charge in [-0.25, -0.2) is 4.98 Å². The van der Waals surface area contributed by atoms with Crippen molar-refractivity contribution in [2.45, 2.75) is 13.0 Å². The number of benzene rings is 2. The highest BCUT2D eigenvalue weighted by molar-refractivity contribution is 14.1. The van der Waals surface area contributed by atoms with Crippen LogP contribution in [0.2, 0.25) is 5.02 Å². The van der Waals surface area contributed by atoms with Gasteiger partial charge >= 0.3 is 0 Å². The molecule has 0 spiro atoms. The van der Waals surface area contributed by atoms with Crippen LogP contribution in [0.4, 0.5) is 5.69 Å². The summed E-state index contributed by atoms with van der Waals surface area (Å²) in [7, 11) is 0. The Hall–Kier alpha value is -1.64. The average molecular weight is 485 g/mol. The van der Waals surface area contributed by atoms with Crippen molar-refractivity contribution in [2.75, 3.05) is 5.32 Å². The molecule has 0 aliphatic rings. The molecule has 0 atom stereocenters. The monoisotopic (exact) mass is 484 g/mol. The van der Waals surface area contributed by atoms with Gasteiger partial charge in [0.1, 0.15) is 17.4 Å². The van der Waals surface area contributed by atoms with E-state index in [2.05, 4.69) is 32.9 Å². The fourth-order valence-corrected chi connectivity index (χ4v) is 3.45. The van der Waals surface area contributed by atoms with Crippen LogP contribution in [0.1, 0.15) is 10.7 Å². The number of hydrogen-bond donors (Lipinski definition) is 1. The number of nitrogens with one attached hydrogen (secondary N) is 1. The molecule has 2 aromatic carbocycles. The molecule has 4 nitrogen and oxygen atoms in total. The summed E-state index contributed by atoms with van der Waals surface area (Å²) in [5.74, 6) is 0.650. The van der Waals surface area contributed by atoms with Crippen molar-refractivity contribution in [2.24, 2.45) is 0 Å². The molecular weight excluding hydrogens is 471 g/mol. The molecule has 128 valence electrons. The van der Waals surface area contributed by atoms with Crippen molar-refractivity contribution >= 4 is 57.1 Å². The van der Waals surface area contributed by atoms with Crippen molar-refractivity contribution in [1.82, 2.24) is 4.98 Å². The molecule has 0 saturated heterocycles. The Kier molecular flexibility index (Phi) is 6.28. The number of nitrogens with zero attached hydrogens (tertiary/aromatic N) is 1. The zero-order valence-electron chi connectivity index (χ0n) is 13.0.